The van der Waals surface area contributed by atoms with Crippen LogP contribution >= 0.6 is 11.3 Å². The lowest BCUT2D eigenvalue weighted by Crippen LogP contribution is -2.12. The van der Waals surface area contributed by atoms with Crippen molar-refractivity contribution in [3.63, 3.8) is 0 Å². The van der Waals surface area contributed by atoms with Crippen molar-refractivity contribution in [1.82, 2.24) is 0 Å². The third-order valence-electron chi connectivity index (χ3n) is 3.22. The van der Waals surface area contributed by atoms with Gasteiger partial charge in [0.2, 0.25) is 0 Å². The minimum atomic E-state index is 0.328. The average Bonchev–Trinajstić information content (AvgIpc) is 2.56. The number of fused-ring (bicyclic) bond motifs is 1. The molecule has 84 valence electrons. The molecule has 1 heteroatoms. The van der Waals surface area contributed by atoms with Crippen LogP contribution in [0.4, 0.5) is 0 Å². The van der Waals surface area contributed by atoms with Gasteiger partial charge in [-0.25, -0.2) is 0 Å². The third kappa shape index (κ3) is 1.87. The van der Waals surface area contributed by atoms with Gasteiger partial charge in [-0.05, 0) is 41.7 Å². The fourth-order valence-corrected chi connectivity index (χ4v) is 4.20. The molecule has 0 amide bonds. The standard InChI is InChI=1S/C14H22S/c1-9(2)12-10-7-6-8-11(10)15-13(12)14(3,4)5/h9H,6-8H2,1-5H3. The van der Waals surface area contributed by atoms with Crippen molar-refractivity contribution < 1.29 is 0 Å². The van der Waals surface area contributed by atoms with E-state index in [2.05, 4.69) is 46.0 Å². The second-order valence-electron chi connectivity index (χ2n) is 6.00. The number of rotatable bonds is 1. The Hall–Kier alpha value is -0.300. The summed E-state index contributed by atoms with van der Waals surface area (Å²) in [7, 11) is 0. The topological polar surface area (TPSA) is 0 Å². The van der Waals surface area contributed by atoms with E-state index in [4.69, 9.17) is 0 Å². The van der Waals surface area contributed by atoms with Gasteiger partial charge in [-0.2, -0.15) is 0 Å². The first-order valence-electron chi connectivity index (χ1n) is 6.06. The highest BCUT2D eigenvalue weighted by molar-refractivity contribution is 7.12. The molecule has 0 aliphatic heterocycles. The highest BCUT2D eigenvalue weighted by Gasteiger charge is 2.29. The zero-order valence-electron chi connectivity index (χ0n) is 10.6. The van der Waals surface area contributed by atoms with Crippen LogP contribution < -0.4 is 0 Å². The summed E-state index contributed by atoms with van der Waals surface area (Å²) < 4.78 is 0. The molecule has 0 aromatic carbocycles. The van der Waals surface area contributed by atoms with Gasteiger partial charge in [-0.15, -0.1) is 11.3 Å². The number of hydrogen-bond acceptors (Lipinski definition) is 1. The molecule has 1 heterocycles. The van der Waals surface area contributed by atoms with Crippen LogP contribution in [0.3, 0.4) is 0 Å². The highest BCUT2D eigenvalue weighted by Crippen LogP contribution is 2.44. The molecule has 1 aromatic heterocycles. The van der Waals surface area contributed by atoms with Gasteiger partial charge in [0, 0.05) is 9.75 Å². The zero-order valence-corrected chi connectivity index (χ0v) is 11.4. The van der Waals surface area contributed by atoms with Gasteiger partial charge in [0.05, 0.1) is 0 Å². The Bertz CT molecular complexity index is 363. The van der Waals surface area contributed by atoms with Crippen molar-refractivity contribution in [1.29, 1.82) is 0 Å². The third-order valence-corrected chi connectivity index (χ3v) is 4.95. The quantitative estimate of drug-likeness (QED) is 0.648. The molecule has 0 unspecified atom stereocenters. The summed E-state index contributed by atoms with van der Waals surface area (Å²) in [5.41, 5.74) is 3.72. The monoisotopic (exact) mass is 222 g/mol. The van der Waals surface area contributed by atoms with E-state index in [0.29, 0.717) is 11.3 Å². The molecule has 0 radical (unpaired) electrons. The van der Waals surface area contributed by atoms with E-state index in [1.165, 1.54) is 19.3 Å². The molecule has 0 atom stereocenters. The van der Waals surface area contributed by atoms with Crippen LogP contribution in [0, 0.1) is 0 Å². The predicted molar refractivity (Wildman–Crippen MR) is 69.1 cm³/mol. The molecule has 1 aromatic rings. The van der Waals surface area contributed by atoms with Crippen molar-refractivity contribution in [3.05, 3.63) is 20.9 Å². The predicted octanol–water partition coefficient (Wildman–Crippen LogP) is 4.66. The van der Waals surface area contributed by atoms with Gasteiger partial charge in [-0.3, -0.25) is 0 Å². The van der Waals surface area contributed by atoms with Gasteiger partial charge in [0.15, 0.2) is 0 Å². The average molecular weight is 222 g/mol. The minimum Gasteiger partial charge on any atom is -0.144 e. The Kier molecular flexibility index (Phi) is 2.70. The molecule has 0 saturated carbocycles. The molecule has 0 N–H and O–H groups in total. The summed E-state index contributed by atoms with van der Waals surface area (Å²) in [5.74, 6) is 0.692. The van der Waals surface area contributed by atoms with E-state index < -0.39 is 0 Å². The van der Waals surface area contributed by atoms with Gasteiger partial charge in [-0.1, -0.05) is 34.6 Å². The number of thiophene rings is 1. The Labute approximate surface area is 97.7 Å². The lowest BCUT2D eigenvalue weighted by atomic mass is 9.86. The molecular formula is C14H22S. The van der Waals surface area contributed by atoms with E-state index in [1.807, 2.05) is 0 Å². The Morgan fingerprint density at radius 1 is 1.13 bits per heavy atom. The highest BCUT2D eigenvalue weighted by atomic mass is 32.1. The molecule has 0 nitrogen and oxygen atoms in total. The molecule has 1 aliphatic rings. The van der Waals surface area contributed by atoms with Crippen molar-refractivity contribution in [2.75, 3.05) is 0 Å². The summed E-state index contributed by atoms with van der Waals surface area (Å²) in [5, 5.41) is 0. The SMILES string of the molecule is CC(C)c1c(C(C)(C)C)sc2c1CCC2. The van der Waals surface area contributed by atoms with Crippen LogP contribution in [0.25, 0.3) is 0 Å². The van der Waals surface area contributed by atoms with Gasteiger partial charge in [0.1, 0.15) is 0 Å². The van der Waals surface area contributed by atoms with Crippen molar-refractivity contribution in [2.45, 2.75) is 65.2 Å². The van der Waals surface area contributed by atoms with Crippen molar-refractivity contribution in [3.8, 4) is 0 Å². The van der Waals surface area contributed by atoms with E-state index in [1.54, 1.807) is 20.9 Å². The molecule has 0 bridgehead atoms. The van der Waals surface area contributed by atoms with E-state index in [9.17, 15) is 0 Å². The van der Waals surface area contributed by atoms with Crippen LogP contribution in [0.1, 0.15) is 67.8 Å². The van der Waals surface area contributed by atoms with Crippen LogP contribution in [-0.2, 0) is 18.3 Å². The van der Waals surface area contributed by atoms with E-state index in [-0.39, 0.29) is 0 Å². The zero-order chi connectivity index (χ0) is 11.2. The summed E-state index contributed by atoms with van der Waals surface area (Å²) in [4.78, 5) is 3.32. The van der Waals surface area contributed by atoms with Gasteiger partial charge >= 0.3 is 0 Å². The lowest BCUT2D eigenvalue weighted by molar-refractivity contribution is 0.590. The van der Waals surface area contributed by atoms with Crippen molar-refractivity contribution >= 4 is 11.3 Å². The first-order valence-corrected chi connectivity index (χ1v) is 6.88. The summed E-state index contributed by atoms with van der Waals surface area (Å²) in [6.45, 7) is 11.7. The molecular weight excluding hydrogens is 200 g/mol. The molecule has 0 saturated heterocycles. The number of aryl methyl sites for hydroxylation is 1. The Morgan fingerprint density at radius 2 is 1.80 bits per heavy atom. The van der Waals surface area contributed by atoms with Crippen LogP contribution in [0.2, 0.25) is 0 Å². The molecule has 15 heavy (non-hydrogen) atoms. The number of hydrogen-bond donors (Lipinski definition) is 0. The van der Waals surface area contributed by atoms with Crippen LogP contribution in [-0.4, -0.2) is 0 Å². The summed E-state index contributed by atoms with van der Waals surface area (Å²) in [6, 6.07) is 0. The fourth-order valence-electron chi connectivity index (χ4n) is 2.60. The van der Waals surface area contributed by atoms with Crippen molar-refractivity contribution in [2.24, 2.45) is 0 Å². The fraction of sp³-hybridized carbons (Fsp3) is 0.714. The van der Waals surface area contributed by atoms with Crippen LogP contribution in [0.5, 0.6) is 0 Å². The molecule has 0 spiro atoms. The second-order valence-corrected chi connectivity index (χ2v) is 7.11. The second kappa shape index (κ2) is 3.62. The maximum Gasteiger partial charge on any atom is 0.0139 e. The first kappa shape index (κ1) is 11.2. The molecule has 0 fully saturated rings. The lowest BCUT2D eigenvalue weighted by Gasteiger charge is -2.21. The Balaban J connectivity index is 2.56. The largest absolute Gasteiger partial charge is 0.144 e. The minimum absolute atomic E-state index is 0.328. The van der Waals surface area contributed by atoms with Crippen LogP contribution in [0.15, 0.2) is 0 Å². The maximum absolute atomic E-state index is 2.35. The summed E-state index contributed by atoms with van der Waals surface area (Å²) >= 11 is 2.08. The normalized spacial score (nSPS) is 16.1. The van der Waals surface area contributed by atoms with Gasteiger partial charge < -0.3 is 0 Å². The first-order chi connectivity index (χ1) is 6.91. The van der Waals surface area contributed by atoms with E-state index >= 15 is 0 Å². The maximum atomic E-state index is 2.35. The Morgan fingerprint density at radius 3 is 2.33 bits per heavy atom. The molecule has 1 aliphatic carbocycles. The molecule has 2 rings (SSSR count). The smallest absolute Gasteiger partial charge is 0.0139 e. The van der Waals surface area contributed by atoms with Gasteiger partial charge in [0.25, 0.3) is 0 Å². The van der Waals surface area contributed by atoms with E-state index in [0.717, 1.165) is 0 Å². The summed E-state index contributed by atoms with van der Waals surface area (Å²) in [6.07, 6.45) is 4.04.